The number of thioether (sulfide) groups is 1. The van der Waals surface area contributed by atoms with Crippen molar-refractivity contribution >= 4 is 17.4 Å². The maximum Gasteiger partial charge on any atom is 0.350 e. The van der Waals surface area contributed by atoms with E-state index < -0.39 is 0 Å². The SMILES string of the molecule is CC(Sc1nc2c(-c3ccccc3)cnn2c(=O)[nH]1)c1ccccc1. The molecule has 0 saturated heterocycles. The molecule has 0 amide bonds. The standard InChI is InChI=1S/C19H16N4OS/c1-13(14-8-4-2-5-9-14)25-18-21-17-16(15-10-6-3-7-11-15)12-20-23(17)19(24)22-18/h2-13H,1H3,(H,21,22,24). The Balaban J connectivity index is 1.75. The first-order valence-electron chi connectivity index (χ1n) is 7.97. The van der Waals surface area contributed by atoms with Gasteiger partial charge in [-0.3, -0.25) is 4.98 Å². The smallest absolute Gasteiger partial charge is 0.285 e. The summed E-state index contributed by atoms with van der Waals surface area (Å²) >= 11 is 1.53. The maximum absolute atomic E-state index is 12.4. The summed E-state index contributed by atoms with van der Waals surface area (Å²) in [4.78, 5) is 19.8. The van der Waals surface area contributed by atoms with Crippen LogP contribution in [0.15, 0.2) is 76.8 Å². The monoisotopic (exact) mass is 348 g/mol. The van der Waals surface area contributed by atoms with E-state index in [4.69, 9.17) is 0 Å². The highest BCUT2D eigenvalue weighted by Crippen LogP contribution is 2.32. The van der Waals surface area contributed by atoms with Gasteiger partial charge in [0, 0.05) is 10.8 Å². The number of H-pyrrole nitrogens is 1. The molecule has 1 atom stereocenters. The molecule has 2 heterocycles. The van der Waals surface area contributed by atoms with E-state index in [2.05, 4.69) is 34.1 Å². The lowest BCUT2D eigenvalue weighted by Crippen LogP contribution is -2.19. The van der Waals surface area contributed by atoms with Crippen molar-refractivity contribution in [1.29, 1.82) is 0 Å². The van der Waals surface area contributed by atoms with Gasteiger partial charge in [-0.1, -0.05) is 72.4 Å². The molecule has 25 heavy (non-hydrogen) atoms. The van der Waals surface area contributed by atoms with E-state index >= 15 is 0 Å². The summed E-state index contributed by atoms with van der Waals surface area (Å²) < 4.78 is 1.31. The number of hydrogen-bond acceptors (Lipinski definition) is 4. The van der Waals surface area contributed by atoms with Crippen LogP contribution in [0.4, 0.5) is 0 Å². The number of benzene rings is 2. The predicted molar refractivity (Wildman–Crippen MR) is 99.8 cm³/mol. The second kappa shape index (κ2) is 6.57. The van der Waals surface area contributed by atoms with Crippen molar-refractivity contribution in [2.45, 2.75) is 17.3 Å². The number of nitrogens with one attached hydrogen (secondary N) is 1. The molecule has 124 valence electrons. The lowest BCUT2D eigenvalue weighted by molar-refractivity contribution is 0.785. The van der Waals surface area contributed by atoms with Crippen LogP contribution >= 0.6 is 11.8 Å². The lowest BCUT2D eigenvalue weighted by atomic mass is 10.1. The summed E-state index contributed by atoms with van der Waals surface area (Å²) in [6.45, 7) is 2.10. The zero-order valence-corrected chi connectivity index (χ0v) is 14.4. The number of aromatic nitrogens is 4. The maximum atomic E-state index is 12.4. The minimum Gasteiger partial charge on any atom is -0.285 e. The number of fused-ring (bicyclic) bond motifs is 1. The van der Waals surface area contributed by atoms with E-state index in [0.29, 0.717) is 10.8 Å². The van der Waals surface area contributed by atoms with E-state index in [-0.39, 0.29) is 10.9 Å². The van der Waals surface area contributed by atoms with Crippen LogP contribution in [0.2, 0.25) is 0 Å². The Morgan fingerprint density at radius 3 is 2.44 bits per heavy atom. The second-order valence-corrected chi connectivity index (χ2v) is 7.01. The number of hydrogen-bond donors (Lipinski definition) is 1. The molecule has 5 nitrogen and oxygen atoms in total. The fourth-order valence-electron chi connectivity index (χ4n) is 2.70. The number of nitrogens with zero attached hydrogens (tertiary/aromatic N) is 3. The van der Waals surface area contributed by atoms with E-state index in [1.807, 2.05) is 48.5 Å². The van der Waals surface area contributed by atoms with Crippen LogP contribution in [0, 0.1) is 0 Å². The van der Waals surface area contributed by atoms with Gasteiger partial charge < -0.3 is 0 Å². The first kappa shape index (κ1) is 15.7. The van der Waals surface area contributed by atoms with Gasteiger partial charge in [-0.25, -0.2) is 9.78 Å². The van der Waals surface area contributed by atoms with Crippen molar-refractivity contribution in [1.82, 2.24) is 19.6 Å². The topological polar surface area (TPSA) is 63.1 Å². The van der Waals surface area contributed by atoms with Crippen LogP contribution < -0.4 is 5.69 Å². The van der Waals surface area contributed by atoms with Gasteiger partial charge in [0.15, 0.2) is 10.8 Å². The van der Waals surface area contributed by atoms with Gasteiger partial charge in [0.2, 0.25) is 0 Å². The normalized spacial score (nSPS) is 12.4. The van der Waals surface area contributed by atoms with Crippen molar-refractivity contribution in [3.05, 3.63) is 82.9 Å². The third-order valence-electron chi connectivity index (χ3n) is 4.00. The summed E-state index contributed by atoms with van der Waals surface area (Å²) in [7, 11) is 0. The molecule has 1 N–H and O–H groups in total. The van der Waals surface area contributed by atoms with E-state index in [1.54, 1.807) is 6.20 Å². The van der Waals surface area contributed by atoms with Crippen molar-refractivity contribution in [2.24, 2.45) is 0 Å². The Bertz CT molecular complexity index is 1060. The van der Waals surface area contributed by atoms with Gasteiger partial charge in [0.1, 0.15) is 0 Å². The highest BCUT2D eigenvalue weighted by molar-refractivity contribution is 7.99. The average Bonchev–Trinajstić information content (AvgIpc) is 3.07. The van der Waals surface area contributed by atoms with Crippen molar-refractivity contribution in [2.75, 3.05) is 0 Å². The molecule has 0 aliphatic rings. The molecule has 0 spiro atoms. The molecule has 4 aromatic rings. The van der Waals surface area contributed by atoms with E-state index in [0.717, 1.165) is 11.1 Å². The van der Waals surface area contributed by atoms with Crippen LogP contribution in [0.3, 0.4) is 0 Å². The molecule has 6 heteroatoms. The molecular weight excluding hydrogens is 332 g/mol. The van der Waals surface area contributed by atoms with Crippen molar-refractivity contribution in [3.63, 3.8) is 0 Å². The van der Waals surface area contributed by atoms with Crippen LogP contribution in [0.1, 0.15) is 17.7 Å². The van der Waals surface area contributed by atoms with Gasteiger partial charge >= 0.3 is 5.69 Å². The highest BCUT2D eigenvalue weighted by atomic mass is 32.2. The van der Waals surface area contributed by atoms with Gasteiger partial charge in [-0.2, -0.15) is 9.61 Å². The minimum absolute atomic E-state index is 0.176. The van der Waals surface area contributed by atoms with Gasteiger partial charge in [-0.05, 0) is 18.1 Å². The Morgan fingerprint density at radius 2 is 1.72 bits per heavy atom. The van der Waals surface area contributed by atoms with Crippen LogP contribution in [-0.4, -0.2) is 19.6 Å². The molecule has 0 aliphatic carbocycles. The molecule has 2 aromatic carbocycles. The Morgan fingerprint density at radius 1 is 1.04 bits per heavy atom. The summed E-state index contributed by atoms with van der Waals surface area (Å²) in [6.07, 6.45) is 1.68. The Hall–Kier alpha value is -2.86. The molecule has 0 aliphatic heterocycles. The molecule has 0 fully saturated rings. The molecule has 2 aromatic heterocycles. The summed E-state index contributed by atoms with van der Waals surface area (Å²) in [6, 6.07) is 20.0. The highest BCUT2D eigenvalue weighted by Gasteiger charge is 2.14. The minimum atomic E-state index is -0.282. The zero-order valence-electron chi connectivity index (χ0n) is 13.6. The average molecular weight is 348 g/mol. The van der Waals surface area contributed by atoms with Crippen LogP contribution in [0.5, 0.6) is 0 Å². The molecule has 1 unspecified atom stereocenters. The van der Waals surface area contributed by atoms with Crippen LogP contribution in [-0.2, 0) is 0 Å². The molecular formula is C19H16N4OS. The quantitative estimate of drug-likeness (QED) is 0.568. The lowest BCUT2D eigenvalue weighted by Gasteiger charge is -2.10. The number of rotatable bonds is 4. The molecule has 0 bridgehead atoms. The first-order chi connectivity index (χ1) is 12.2. The number of aromatic amines is 1. The summed E-state index contributed by atoms with van der Waals surface area (Å²) in [5, 5.41) is 4.94. The molecule has 0 saturated carbocycles. The fraction of sp³-hybridized carbons (Fsp3) is 0.105. The fourth-order valence-corrected chi connectivity index (χ4v) is 3.62. The zero-order chi connectivity index (χ0) is 17.2. The Kier molecular flexibility index (Phi) is 4.11. The summed E-state index contributed by atoms with van der Waals surface area (Å²) in [5.41, 5.74) is 3.31. The van der Waals surface area contributed by atoms with Gasteiger partial charge in [0.05, 0.1) is 6.20 Å². The van der Waals surface area contributed by atoms with Crippen molar-refractivity contribution in [3.8, 4) is 11.1 Å². The molecule has 4 rings (SSSR count). The predicted octanol–water partition coefficient (Wildman–Crippen LogP) is 3.94. The summed E-state index contributed by atoms with van der Waals surface area (Å²) in [5.74, 6) is 0. The van der Waals surface area contributed by atoms with Gasteiger partial charge in [-0.15, -0.1) is 0 Å². The van der Waals surface area contributed by atoms with Gasteiger partial charge in [0.25, 0.3) is 0 Å². The Labute approximate surface area is 148 Å². The van der Waals surface area contributed by atoms with E-state index in [9.17, 15) is 4.79 Å². The largest absolute Gasteiger partial charge is 0.350 e. The van der Waals surface area contributed by atoms with Crippen molar-refractivity contribution < 1.29 is 0 Å². The molecule has 0 radical (unpaired) electrons. The van der Waals surface area contributed by atoms with E-state index in [1.165, 1.54) is 21.8 Å². The second-order valence-electron chi connectivity index (χ2n) is 5.68. The third kappa shape index (κ3) is 3.08. The van der Waals surface area contributed by atoms with Crippen LogP contribution in [0.25, 0.3) is 16.8 Å². The first-order valence-corrected chi connectivity index (χ1v) is 8.85. The third-order valence-corrected chi connectivity index (χ3v) is 5.04.